The molecule has 0 unspecified atom stereocenters. The fourth-order valence-corrected chi connectivity index (χ4v) is 11.0. The van der Waals surface area contributed by atoms with Crippen LogP contribution in [0.2, 0.25) is 54.4 Å². The van der Waals surface area contributed by atoms with Gasteiger partial charge in [-0.15, -0.1) is 22.7 Å². The molecule has 0 saturated heterocycles. The molecule has 3 rings (SSSR count). The molecular weight excluding hydrogens is 819 g/mol. The highest BCUT2D eigenvalue weighted by Crippen LogP contribution is 2.41. The quantitative estimate of drug-likeness (QED) is 0.122. The van der Waals surface area contributed by atoms with E-state index in [-0.39, 0.29) is 15.1 Å². The zero-order chi connectivity index (χ0) is 40.8. The summed E-state index contributed by atoms with van der Waals surface area (Å²) in [6.07, 6.45) is 13.1. The van der Waals surface area contributed by atoms with E-state index in [1.54, 1.807) is 11.3 Å². The van der Waals surface area contributed by atoms with Gasteiger partial charge in [0, 0.05) is 40.0 Å². The lowest BCUT2D eigenvalue weighted by atomic mass is 10.0. The lowest BCUT2D eigenvalue weighted by molar-refractivity contribution is 0.292. The molecule has 10 heteroatoms. The smallest absolute Gasteiger partial charge is 0.192 e. The van der Waals surface area contributed by atoms with Crippen molar-refractivity contribution in [2.45, 2.75) is 142 Å². The van der Waals surface area contributed by atoms with Gasteiger partial charge in [0.25, 0.3) is 0 Å². The van der Waals surface area contributed by atoms with Gasteiger partial charge >= 0.3 is 0 Å². The second-order valence-corrected chi connectivity index (χ2v) is 36.7. The van der Waals surface area contributed by atoms with Crippen molar-refractivity contribution in [1.29, 1.82) is 0 Å². The van der Waals surface area contributed by atoms with Crippen molar-refractivity contribution in [3.05, 3.63) is 71.5 Å². The highest BCUT2D eigenvalue weighted by molar-refractivity contribution is 9.11. The first kappa shape index (κ1) is 47.3. The Morgan fingerprint density at radius 2 is 1.26 bits per heavy atom. The molecule has 0 aliphatic carbocycles. The Bertz CT molecular complexity index is 1690. The molecule has 2 heterocycles. The Morgan fingerprint density at radius 3 is 1.81 bits per heavy atom. The lowest BCUT2D eigenvalue weighted by Crippen LogP contribution is -2.42. The van der Waals surface area contributed by atoms with E-state index >= 15 is 0 Å². The van der Waals surface area contributed by atoms with Crippen LogP contribution in [0.15, 0.2) is 40.2 Å². The monoisotopic (exact) mass is 889 g/mol. The van der Waals surface area contributed by atoms with Gasteiger partial charge in [-0.2, -0.15) is 0 Å². The number of hydrogen-bond acceptors (Lipinski definition) is 6. The van der Waals surface area contributed by atoms with E-state index in [9.17, 15) is 4.80 Å². The van der Waals surface area contributed by atoms with Gasteiger partial charge in [-0.05, 0) is 162 Å². The van der Waals surface area contributed by atoms with Crippen LogP contribution in [0.25, 0.3) is 24.3 Å². The molecule has 1 aromatic carbocycles. The van der Waals surface area contributed by atoms with Crippen molar-refractivity contribution in [3.63, 3.8) is 0 Å². The maximum absolute atomic E-state index is 10.9. The van der Waals surface area contributed by atoms with Crippen LogP contribution in [0.5, 0.6) is 0 Å². The fourth-order valence-electron chi connectivity index (χ4n) is 5.45. The number of rotatable bonds is 19. The van der Waals surface area contributed by atoms with E-state index in [0.717, 1.165) is 52.0 Å². The first-order valence-corrected chi connectivity index (χ1v) is 31.1. The molecule has 0 aliphatic heterocycles. The number of likely N-dealkylation sites (N-methyl/N-ethyl adjacent to an activating group) is 1. The standard InChI is InChI=1S/C44H72BrNO3S2Si3/c1-16-46(29-31-49-54(14,15)43(5,6)7)37-22-19-34(20-23-37)21-24-38-32-35(18-17-28-44(8,9)52(10,11)47)40(50-38)26-25-39-33-36(41(45)51-39)27-30-48-53(12,13)42(2,3)4/h19-26,32-33,47H,16-18,27-31H2,1-15H3/b24-21+,26-25+. The van der Waals surface area contributed by atoms with Crippen LogP contribution >= 0.6 is 38.6 Å². The highest BCUT2D eigenvalue weighted by Gasteiger charge is 2.38. The summed E-state index contributed by atoms with van der Waals surface area (Å²) >= 11 is 7.50. The van der Waals surface area contributed by atoms with E-state index < -0.39 is 25.0 Å². The minimum absolute atomic E-state index is 0.0208. The average molecular weight is 891 g/mol. The molecule has 0 fully saturated rings. The molecular formula is C44H72BrNO3S2Si3. The minimum Gasteiger partial charge on any atom is -0.432 e. The summed E-state index contributed by atoms with van der Waals surface area (Å²) in [6.45, 7) is 37.3. The summed E-state index contributed by atoms with van der Waals surface area (Å²) in [5, 5.41) is 0.417. The highest BCUT2D eigenvalue weighted by atomic mass is 79.9. The third kappa shape index (κ3) is 13.5. The summed E-state index contributed by atoms with van der Waals surface area (Å²) in [7, 11) is -5.77. The molecule has 0 saturated carbocycles. The molecule has 1 N–H and O–H groups in total. The van der Waals surface area contributed by atoms with Crippen LogP contribution in [0, 0.1) is 0 Å². The van der Waals surface area contributed by atoms with Gasteiger partial charge in [-0.1, -0.05) is 73.6 Å². The molecule has 4 nitrogen and oxygen atoms in total. The first-order chi connectivity index (χ1) is 24.8. The Morgan fingerprint density at radius 1 is 0.722 bits per heavy atom. The Kier molecular flexibility index (Phi) is 16.7. The summed E-state index contributed by atoms with van der Waals surface area (Å²) in [6, 6.07) is 13.6. The molecule has 0 radical (unpaired) electrons. The van der Waals surface area contributed by atoms with E-state index in [2.05, 4.69) is 183 Å². The molecule has 0 aliphatic rings. The number of aryl methyl sites for hydroxylation is 1. The van der Waals surface area contributed by atoms with Crippen LogP contribution < -0.4 is 4.90 Å². The van der Waals surface area contributed by atoms with Crippen molar-refractivity contribution in [2.24, 2.45) is 0 Å². The van der Waals surface area contributed by atoms with Crippen LogP contribution in [-0.2, 0) is 21.7 Å². The Labute approximate surface area is 350 Å². The van der Waals surface area contributed by atoms with E-state index in [1.807, 2.05) is 11.3 Å². The van der Waals surface area contributed by atoms with Crippen molar-refractivity contribution in [2.75, 3.05) is 31.2 Å². The van der Waals surface area contributed by atoms with Gasteiger partial charge in [0.1, 0.15) is 0 Å². The maximum atomic E-state index is 10.9. The van der Waals surface area contributed by atoms with Crippen LogP contribution in [0.3, 0.4) is 0 Å². The first-order valence-electron chi connectivity index (χ1n) is 19.9. The number of nitrogens with zero attached hydrogens (tertiary/aromatic N) is 1. The van der Waals surface area contributed by atoms with Crippen molar-refractivity contribution < 1.29 is 13.6 Å². The Balaban J connectivity index is 1.76. The van der Waals surface area contributed by atoms with E-state index in [1.165, 1.54) is 40.8 Å². The van der Waals surface area contributed by atoms with Gasteiger partial charge in [0.2, 0.25) is 0 Å². The third-order valence-corrected chi connectivity index (χ3v) is 28.0. The van der Waals surface area contributed by atoms with Crippen molar-refractivity contribution in [1.82, 2.24) is 0 Å². The van der Waals surface area contributed by atoms with E-state index in [0.29, 0.717) is 0 Å². The largest absolute Gasteiger partial charge is 0.432 e. The molecule has 54 heavy (non-hydrogen) atoms. The number of hydrogen-bond donors (Lipinski definition) is 1. The number of benzene rings is 1. The predicted octanol–water partition coefficient (Wildman–Crippen LogP) is 14.6. The maximum Gasteiger partial charge on any atom is 0.192 e. The zero-order valence-corrected chi connectivity index (χ0v) is 42.6. The molecule has 0 amide bonds. The third-order valence-electron chi connectivity index (χ3n) is 12.3. The number of halogens is 1. The van der Waals surface area contributed by atoms with Gasteiger partial charge in [-0.25, -0.2) is 0 Å². The van der Waals surface area contributed by atoms with Crippen LogP contribution in [0.4, 0.5) is 5.69 Å². The van der Waals surface area contributed by atoms with Crippen molar-refractivity contribution >= 4 is 93.5 Å². The van der Waals surface area contributed by atoms with Gasteiger partial charge < -0.3 is 18.5 Å². The van der Waals surface area contributed by atoms with Crippen LogP contribution in [0.1, 0.15) is 106 Å². The molecule has 0 spiro atoms. The molecule has 3 aromatic rings. The fraction of sp³-hybridized carbons (Fsp3) is 0.591. The van der Waals surface area contributed by atoms with Gasteiger partial charge in [0.05, 0.1) is 10.4 Å². The second kappa shape index (κ2) is 19.1. The summed E-state index contributed by atoms with van der Waals surface area (Å²) < 4.78 is 14.2. The molecule has 0 atom stereocenters. The zero-order valence-electron chi connectivity index (χ0n) is 36.3. The van der Waals surface area contributed by atoms with Crippen LogP contribution in [-0.4, -0.2) is 56.1 Å². The topological polar surface area (TPSA) is 41.9 Å². The molecule has 302 valence electrons. The van der Waals surface area contributed by atoms with Gasteiger partial charge in [-0.3, -0.25) is 0 Å². The lowest BCUT2D eigenvalue weighted by Gasteiger charge is -2.37. The Hall–Kier alpha value is -1.09. The minimum atomic E-state index is -2.25. The van der Waals surface area contributed by atoms with Crippen molar-refractivity contribution in [3.8, 4) is 0 Å². The van der Waals surface area contributed by atoms with Gasteiger partial charge in [0.15, 0.2) is 25.0 Å². The van der Waals surface area contributed by atoms with E-state index in [4.69, 9.17) is 8.85 Å². The average Bonchev–Trinajstić information content (AvgIpc) is 3.61. The summed E-state index contributed by atoms with van der Waals surface area (Å²) in [5.74, 6) is 0. The number of anilines is 1. The molecule has 0 bridgehead atoms. The predicted molar refractivity (Wildman–Crippen MR) is 255 cm³/mol. The summed E-state index contributed by atoms with van der Waals surface area (Å²) in [5.41, 5.74) is 5.14. The second-order valence-electron chi connectivity index (χ2n) is 19.1. The molecule has 2 aromatic heterocycles. The number of thiophene rings is 2. The summed E-state index contributed by atoms with van der Waals surface area (Å²) in [4.78, 5) is 17.1. The normalized spacial score (nSPS) is 13.9. The SMILES string of the molecule is CCN(CCO[Si](C)(C)C(C)(C)C)c1ccc(/C=C/c2cc(CCCC(C)(C)[Si](C)(C)O)c(/C=C/c3cc(CCO[Si](C)(C)C(C)(C)C)c(Br)s3)s2)cc1.